The van der Waals surface area contributed by atoms with Crippen LogP contribution in [0.15, 0.2) is 12.6 Å². The lowest BCUT2D eigenvalue weighted by Gasteiger charge is -2.06. The van der Waals surface area contributed by atoms with Crippen LogP contribution in [0.4, 0.5) is 4.39 Å². The molecule has 1 atom stereocenters. The maximum Gasteiger partial charge on any atom is 0.165 e. The molecular weight excluding hydrogens is 208 g/mol. The van der Waals surface area contributed by atoms with Crippen LogP contribution < -0.4 is 0 Å². The molecule has 0 aromatic carbocycles. The van der Waals surface area contributed by atoms with Crippen LogP contribution in [-0.2, 0) is 6.16 Å². The van der Waals surface area contributed by atoms with Crippen molar-refractivity contribution in [2.75, 3.05) is 0 Å². The standard InChI is InChI=1S/C9H10ClFNP/c1-5(2)8-6(4-13)3-7(11)9(10)12-8/h3H,1,4,13H2,2H3. The number of rotatable bonds is 2. The van der Waals surface area contributed by atoms with E-state index >= 15 is 0 Å². The highest BCUT2D eigenvalue weighted by molar-refractivity contribution is 7.15. The highest BCUT2D eigenvalue weighted by Gasteiger charge is 2.09. The second kappa shape index (κ2) is 4.17. The number of halogens is 2. The van der Waals surface area contributed by atoms with E-state index in [0.717, 1.165) is 11.1 Å². The van der Waals surface area contributed by atoms with E-state index in [1.165, 1.54) is 6.07 Å². The van der Waals surface area contributed by atoms with Crippen LogP contribution >= 0.6 is 20.8 Å². The van der Waals surface area contributed by atoms with Crippen LogP contribution in [0, 0.1) is 5.82 Å². The molecule has 0 radical (unpaired) electrons. The molecule has 70 valence electrons. The van der Waals surface area contributed by atoms with Crippen molar-refractivity contribution >= 4 is 26.4 Å². The maximum atomic E-state index is 13.0. The van der Waals surface area contributed by atoms with Crippen molar-refractivity contribution in [1.82, 2.24) is 4.98 Å². The third-order valence-corrected chi connectivity index (χ3v) is 2.34. The number of aromatic nitrogens is 1. The summed E-state index contributed by atoms with van der Waals surface area (Å²) in [5.74, 6) is -0.482. The molecule has 0 amide bonds. The van der Waals surface area contributed by atoms with Crippen molar-refractivity contribution < 1.29 is 4.39 Å². The summed E-state index contributed by atoms with van der Waals surface area (Å²) in [6.07, 6.45) is 0.642. The lowest BCUT2D eigenvalue weighted by Crippen LogP contribution is -1.96. The Labute approximate surface area is 84.2 Å². The third kappa shape index (κ3) is 2.26. The molecule has 1 nitrogen and oxygen atoms in total. The van der Waals surface area contributed by atoms with E-state index in [0.29, 0.717) is 11.9 Å². The summed E-state index contributed by atoms with van der Waals surface area (Å²) in [5, 5.41) is -0.0970. The topological polar surface area (TPSA) is 12.9 Å². The van der Waals surface area contributed by atoms with E-state index in [4.69, 9.17) is 11.6 Å². The summed E-state index contributed by atoms with van der Waals surface area (Å²) in [5.41, 5.74) is 2.28. The smallest absolute Gasteiger partial charge is 0.165 e. The van der Waals surface area contributed by atoms with Crippen LogP contribution in [0.5, 0.6) is 0 Å². The highest BCUT2D eigenvalue weighted by atomic mass is 35.5. The van der Waals surface area contributed by atoms with Crippen molar-refractivity contribution in [3.8, 4) is 0 Å². The Morgan fingerprint density at radius 3 is 2.85 bits per heavy atom. The fraction of sp³-hybridized carbons (Fsp3) is 0.222. The van der Waals surface area contributed by atoms with Crippen LogP contribution in [0.25, 0.3) is 5.57 Å². The zero-order chi connectivity index (χ0) is 10.0. The number of allylic oxidation sites excluding steroid dienone is 1. The lowest BCUT2D eigenvalue weighted by molar-refractivity contribution is 0.619. The normalized spacial score (nSPS) is 10.2. The van der Waals surface area contributed by atoms with E-state index < -0.39 is 5.82 Å². The molecule has 0 saturated carbocycles. The van der Waals surface area contributed by atoms with Crippen molar-refractivity contribution in [3.05, 3.63) is 34.9 Å². The minimum absolute atomic E-state index is 0.0970. The minimum atomic E-state index is -0.482. The predicted molar refractivity (Wildman–Crippen MR) is 57.3 cm³/mol. The summed E-state index contributed by atoms with van der Waals surface area (Å²) in [7, 11) is 2.52. The van der Waals surface area contributed by atoms with Gasteiger partial charge in [0.2, 0.25) is 0 Å². The molecule has 0 aliphatic heterocycles. The maximum absolute atomic E-state index is 13.0. The first-order chi connectivity index (χ1) is 6.06. The van der Waals surface area contributed by atoms with Crippen LogP contribution in [0.1, 0.15) is 18.2 Å². The first-order valence-electron chi connectivity index (χ1n) is 3.77. The Balaban J connectivity index is 3.33. The summed E-state index contributed by atoms with van der Waals surface area (Å²) < 4.78 is 13.0. The van der Waals surface area contributed by atoms with Crippen LogP contribution in [0.3, 0.4) is 0 Å². The van der Waals surface area contributed by atoms with E-state index in [2.05, 4.69) is 20.8 Å². The van der Waals surface area contributed by atoms with Gasteiger partial charge in [0.25, 0.3) is 0 Å². The third-order valence-electron chi connectivity index (χ3n) is 1.64. The molecule has 1 aromatic heterocycles. The van der Waals surface area contributed by atoms with Crippen molar-refractivity contribution in [2.45, 2.75) is 13.1 Å². The number of hydrogen-bond donors (Lipinski definition) is 0. The summed E-state index contributed by atoms with van der Waals surface area (Å²) in [6, 6.07) is 1.40. The Hall–Kier alpha value is -0.460. The van der Waals surface area contributed by atoms with E-state index in [-0.39, 0.29) is 5.15 Å². The Kier molecular flexibility index (Phi) is 3.40. The van der Waals surface area contributed by atoms with Gasteiger partial charge in [-0.25, -0.2) is 9.37 Å². The van der Waals surface area contributed by atoms with Gasteiger partial charge in [-0.3, -0.25) is 0 Å². The van der Waals surface area contributed by atoms with Gasteiger partial charge in [-0.05, 0) is 30.3 Å². The molecule has 0 fully saturated rings. The SMILES string of the molecule is C=C(C)c1nc(Cl)c(F)cc1CP. The minimum Gasteiger partial charge on any atom is -0.233 e. The molecule has 1 rings (SSSR count). The summed E-state index contributed by atoms with van der Waals surface area (Å²) in [6.45, 7) is 5.57. The summed E-state index contributed by atoms with van der Waals surface area (Å²) >= 11 is 5.55. The van der Waals surface area contributed by atoms with Gasteiger partial charge in [0.15, 0.2) is 11.0 Å². The summed E-state index contributed by atoms with van der Waals surface area (Å²) in [4.78, 5) is 3.92. The molecule has 0 N–H and O–H groups in total. The van der Waals surface area contributed by atoms with E-state index in [9.17, 15) is 4.39 Å². The highest BCUT2D eigenvalue weighted by Crippen LogP contribution is 2.22. The van der Waals surface area contributed by atoms with Gasteiger partial charge in [-0.15, -0.1) is 9.24 Å². The number of pyridine rings is 1. The van der Waals surface area contributed by atoms with E-state index in [1.807, 2.05) is 6.92 Å². The number of nitrogens with zero attached hydrogens (tertiary/aromatic N) is 1. The molecule has 0 aliphatic rings. The Bertz CT molecular complexity index is 352. The van der Waals surface area contributed by atoms with Gasteiger partial charge in [0, 0.05) is 0 Å². The molecule has 4 heteroatoms. The first-order valence-corrected chi connectivity index (χ1v) is 4.96. The Morgan fingerprint density at radius 1 is 1.77 bits per heavy atom. The Morgan fingerprint density at radius 2 is 2.38 bits per heavy atom. The molecule has 0 aliphatic carbocycles. The average Bonchev–Trinajstić information content (AvgIpc) is 2.08. The number of hydrogen-bond acceptors (Lipinski definition) is 1. The molecule has 0 bridgehead atoms. The van der Waals surface area contributed by atoms with Crippen LogP contribution in [0.2, 0.25) is 5.15 Å². The fourth-order valence-corrected chi connectivity index (χ4v) is 1.48. The molecule has 0 spiro atoms. The van der Waals surface area contributed by atoms with Gasteiger partial charge >= 0.3 is 0 Å². The zero-order valence-corrected chi connectivity index (χ0v) is 9.18. The average molecular weight is 218 g/mol. The molecule has 1 heterocycles. The monoisotopic (exact) mass is 217 g/mol. The van der Waals surface area contributed by atoms with Crippen molar-refractivity contribution in [3.63, 3.8) is 0 Å². The molecular formula is C9H10ClFNP. The predicted octanol–water partition coefficient (Wildman–Crippen LogP) is 3.28. The molecule has 13 heavy (non-hydrogen) atoms. The van der Waals surface area contributed by atoms with Gasteiger partial charge < -0.3 is 0 Å². The fourth-order valence-electron chi connectivity index (χ4n) is 1.03. The lowest BCUT2D eigenvalue weighted by atomic mass is 10.1. The largest absolute Gasteiger partial charge is 0.233 e. The quantitative estimate of drug-likeness (QED) is 0.547. The van der Waals surface area contributed by atoms with Crippen LogP contribution in [-0.4, -0.2) is 4.98 Å². The van der Waals surface area contributed by atoms with Gasteiger partial charge in [0.05, 0.1) is 5.69 Å². The van der Waals surface area contributed by atoms with Crippen molar-refractivity contribution in [1.29, 1.82) is 0 Å². The first kappa shape index (κ1) is 10.6. The van der Waals surface area contributed by atoms with Crippen molar-refractivity contribution in [2.24, 2.45) is 0 Å². The molecule has 1 unspecified atom stereocenters. The zero-order valence-electron chi connectivity index (χ0n) is 7.27. The van der Waals surface area contributed by atoms with E-state index in [1.54, 1.807) is 0 Å². The second-order valence-corrected chi connectivity index (χ2v) is 3.52. The molecule has 1 aromatic rings. The second-order valence-electron chi connectivity index (χ2n) is 2.75. The molecule has 0 saturated heterocycles. The van der Waals surface area contributed by atoms with Gasteiger partial charge in [-0.2, -0.15) is 0 Å². The van der Waals surface area contributed by atoms with Gasteiger partial charge in [-0.1, -0.05) is 18.2 Å². The van der Waals surface area contributed by atoms with Gasteiger partial charge in [0.1, 0.15) is 0 Å².